The first-order valence-electron chi connectivity index (χ1n) is 4.98. The van der Waals surface area contributed by atoms with Gasteiger partial charge in [0, 0.05) is 25.2 Å². The van der Waals surface area contributed by atoms with Crippen LogP contribution in [0.4, 0.5) is 0 Å². The summed E-state index contributed by atoms with van der Waals surface area (Å²) in [7, 11) is 0. The summed E-state index contributed by atoms with van der Waals surface area (Å²) in [6, 6.07) is 1.14. The van der Waals surface area contributed by atoms with Gasteiger partial charge >= 0.3 is 0 Å². The Balaban J connectivity index is 2.75. The van der Waals surface area contributed by atoms with E-state index in [-0.39, 0.29) is 5.41 Å². The van der Waals surface area contributed by atoms with Crippen LogP contribution < -0.4 is 5.73 Å². The molecule has 1 fully saturated rings. The summed E-state index contributed by atoms with van der Waals surface area (Å²) in [4.78, 5) is 2.44. The normalized spacial score (nSPS) is 35.2. The number of nitrogens with zero attached hydrogens (tertiary/aromatic N) is 1. The van der Waals surface area contributed by atoms with Crippen LogP contribution in [0.3, 0.4) is 0 Å². The predicted molar refractivity (Wildman–Crippen MR) is 56.2 cm³/mol. The average molecular weight is 180 g/mol. The Labute approximate surface area is 81.5 Å². The fraction of sp³-hybridized carbons (Fsp3) is 0.818. The Hall–Kier alpha value is -0.520. The van der Waals surface area contributed by atoms with Gasteiger partial charge in [0.2, 0.25) is 0 Å². The van der Waals surface area contributed by atoms with Gasteiger partial charge in [-0.25, -0.2) is 0 Å². The first-order valence-corrected chi connectivity index (χ1v) is 4.98. The summed E-state index contributed by atoms with van der Waals surface area (Å²) in [5.41, 5.74) is 5.67. The van der Waals surface area contributed by atoms with E-state index in [0.29, 0.717) is 18.6 Å². The van der Waals surface area contributed by atoms with Crippen molar-refractivity contribution in [1.29, 1.82) is 0 Å². The van der Waals surface area contributed by atoms with E-state index in [0.717, 1.165) is 13.0 Å². The SMILES string of the molecule is C#C[C@]1(CN)CC(C)N(C(C)C)C1. The van der Waals surface area contributed by atoms with Crippen LogP contribution in [0.15, 0.2) is 0 Å². The molecular weight excluding hydrogens is 160 g/mol. The Morgan fingerprint density at radius 3 is 2.54 bits per heavy atom. The Morgan fingerprint density at radius 1 is 1.69 bits per heavy atom. The second-order valence-corrected chi connectivity index (χ2v) is 4.45. The molecule has 0 aromatic rings. The topological polar surface area (TPSA) is 29.3 Å². The molecule has 0 bridgehead atoms. The van der Waals surface area contributed by atoms with Crippen molar-refractivity contribution in [3.05, 3.63) is 0 Å². The molecule has 1 unspecified atom stereocenters. The van der Waals surface area contributed by atoms with Gasteiger partial charge in [0.05, 0.1) is 5.41 Å². The van der Waals surface area contributed by atoms with Gasteiger partial charge in [-0.15, -0.1) is 6.42 Å². The minimum atomic E-state index is -0.0658. The monoisotopic (exact) mass is 180 g/mol. The second kappa shape index (κ2) is 3.69. The molecule has 74 valence electrons. The molecule has 1 saturated heterocycles. The van der Waals surface area contributed by atoms with Crippen LogP contribution in [0.25, 0.3) is 0 Å². The number of hydrogen-bond donors (Lipinski definition) is 1. The van der Waals surface area contributed by atoms with Gasteiger partial charge in [0.15, 0.2) is 0 Å². The van der Waals surface area contributed by atoms with Crippen LogP contribution in [-0.4, -0.2) is 30.1 Å². The largest absolute Gasteiger partial charge is 0.329 e. The number of hydrogen-bond acceptors (Lipinski definition) is 2. The molecule has 13 heavy (non-hydrogen) atoms. The summed E-state index contributed by atoms with van der Waals surface area (Å²) >= 11 is 0. The van der Waals surface area contributed by atoms with Gasteiger partial charge in [0.25, 0.3) is 0 Å². The third-order valence-corrected chi connectivity index (χ3v) is 3.10. The molecule has 1 aliphatic rings. The van der Waals surface area contributed by atoms with Crippen LogP contribution >= 0.6 is 0 Å². The van der Waals surface area contributed by atoms with Crippen molar-refractivity contribution in [3.63, 3.8) is 0 Å². The van der Waals surface area contributed by atoms with Gasteiger partial charge < -0.3 is 5.73 Å². The van der Waals surface area contributed by atoms with E-state index >= 15 is 0 Å². The third-order valence-electron chi connectivity index (χ3n) is 3.10. The van der Waals surface area contributed by atoms with Gasteiger partial charge in [-0.05, 0) is 27.2 Å². The van der Waals surface area contributed by atoms with E-state index < -0.39 is 0 Å². The van der Waals surface area contributed by atoms with Crippen molar-refractivity contribution < 1.29 is 0 Å². The molecule has 1 rings (SSSR count). The molecule has 0 spiro atoms. The highest BCUT2D eigenvalue weighted by atomic mass is 15.2. The average Bonchev–Trinajstić information content (AvgIpc) is 2.44. The number of terminal acetylenes is 1. The van der Waals surface area contributed by atoms with Gasteiger partial charge in [0.1, 0.15) is 0 Å². The summed E-state index contributed by atoms with van der Waals surface area (Å²) in [6.07, 6.45) is 6.59. The maximum Gasteiger partial charge on any atom is 0.0575 e. The zero-order chi connectivity index (χ0) is 10.1. The number of likely N-dealkylation sites (tertiary alicyclic amines) is 1. The molecule has 0 aliphatic carbocycles. The van der Waals surface area contributed by atoms with Crippen molar-refractivity contribution in [2.24, 2.45) is 11.1 Å². The van der Waals surface area contributed by atoms with Crippen molar-refractivity contribution in [1.82, 2.24) is 4.90 Å². The molecule has 0 saturated carbocycles. The van der Waals surface area contributed by atoms with Gasteiger partial charge in [-0.2, -0.15) is 0 Å². The summed E-state index contributed by atoms with van der Waals surface area (Å²) in [5, 5.41) is 0. The van der Waals surface area contributed by atoms with Crippen LogP contribution in [-0.2, 0) is 0 Å². The van der Waals surface area contributed by atoms with Crippen LogP contribution in [0.5, 0.6) is 0 Å². The molecule has 0 aromatic heterocycles. The minimum Gasteiger partial charge on any atom is -0.329 e. The highest BCUT2D eigenvalue weighted by Crippen LogP contribution is 2.34. The Kier molecular flexibility index (Phi) is 3.00. The lowest BCUT2D eigenvalue weighted by Gasteiger charge is -2.26. The lowest BCUT2D eigenvalue weighted by molar-refractivity contribution is 0.207. The van der Waals surface area contributed by atoms with E-state index in [1.807, 2.05) is 0 Å². The molecule has 1 aliphatic heterocycles. The summed E-state index contributed by atoms with van der Waals surface area (Å²) < 4.78 is 0. The molecule has 0 aromatic carbocycles. The Morgan fingerprint density at radius 2 is 2.31 bits per heavy atom. The van der Waals surface area contributed by atoms with Crippen LogP contribution in [0.2, 0.25) is 0 Å². The van der Waals surface area contributed by atoms with E-state index in [1.54, 1.807) is 0 Å². The highest BCUT2D eigenvalue weighted by molar-refractivity contribution is 5.13. The van der Waals surface area contributed by atoms with E-state index in [2.05, 4.69) is 31.6 Å². The van der Waals surface area contributed by atoms with Crippen molar-refractivity contribution in [2.45, 2.75) is 39.3 Å². The summed E-state index contributed by atoms with van der Waals surface area (Å²) in [6.45, 7) is 8.21. The molecule has 2 N–H and O–H groups in total. The Bertz CT molecular complexity index is 217. The highest BCUT2D eigenvalue weighted by Gasteiger charge is 2.40. The first-order chi connectivity index (χ1) is 6.04. The predicted octanol–water partition coefficient (Wildman–Crippen LogP) is 1.07. The zero-order valence-corrected chi connectivity index (χ0v) is 8.88. The standard InChI is InChI=1S/C11H20N2/c1-5-11(7-12)6-10(4)13(8-11)9(2)3/h1,9-10H,6-8,12H2,2-4H3/t10?,11-/m1/s1. The molecule has 2 heteroatoms. The smallest absolute Gasteiger partial charge is 0.0575 e. The molecule has 1 heterocycles. The summed E-state index contributed by atoms with van der Waals surface area (Å²) in [5.74, 6) is 2.88. The maximum absolute atomic E-state index is 5.73. The van der Waals surface area contributed by atoms with E-state index in [4.69, 9.17) is 12.2 Å². The van der Waals surface area contributed by atoms with Crippen molar-refractivity contribution >= 4 is 0 Å². The first kappa shape index (κ1) is 10.6. The quantitative estimate of drug-likeness (QED) is 0.644. The fourth-order valence-electron chi connectivity index (χ4n) is 2.26. The fourth-order valence-corrected chi connectivity index (χ4v) is 2.26. The molecule has 2 nitrogen and oxygen atoms in total. The number of rotatable bonds is 2. The second-order valence-electron chi connectivity index (χ2n) is 4.45. The molecular formula is C11H20N2. The molecule has 0 amide bonds. The molecule has 2 atom stereocenters. The number of nitrogens with two attached hydrogens (primary N) is 1. The maximum atomic E-state index is 5.73. The lowest BCUT2D eigenvalue weighted by Crippen LogP contribution is -2.37. The minimum absolute atomic E-state index is 0.0658. The van der Waals surface area contributed by atoms with E-state index in [9.17, 15) is 0 Å². The van der Waals surface area contributed by atoms with Crippen molar-refractivity contribution in [3.8, 4) is 12.3 Å². The molecule has 0 radical (unpaired) electrons. The van der Waals surface area contributed by atoms with Gasteiger partial charge in [-0.3, -0.25) is 4.90 Å². The van der Waals surface area contributed by atoms with Crippen LogP contribution in [0, 0.1) is 17.8 Å². The van der Waals surface area contributed by atoms with Crippen LogP contribution in [0.1, 0.15) is 27.2 Å². The van der Waals surface area contributed by atoms with Gasteiger partial charge in [-0.1, -0.05) is 5.92 Å². The third kappa shape index (κ3) is 1.87. The zero-order valence-electron chi connectivity index (χ0n) is 8.88. The van der Waals surface area contributed by atoms with Crippen molar-refractivity contribution in [2.75, 3.05) is 13.1 Å². The lowest BCUT2D eigenvalue weighted by atomic mass is 9.87. The van der Waals surface area contributed by atoms with E-state index in [1.165, 1.54) is 0 Å².